The summed E-state index contributed by atoms with van der Waals surface area (Å²) in [6.07, 6.45) is 7.74. The van der Waals surface area contributed by atoms with Gasteiger partial charge >= 0.3 is 0 Å². The Morgan fingerprint density at radius 2 is 2.46 bits per heavy atom. The van der Waals surface area contributed by atoms with Gasteiger partial charge in [-0.1, -0.05) is 6.92 Å². The molecular formula is C10H16N2O. The number of aromatic nitrogens is 2. The first kappa shape index (κ1) is 8.75. The van der Waals surface area contributed by atoms with Gasteiger partial charge in [0.05, 0.1) is 12.1 Å². The Bertz CT molecular complexity index is 282. The van der Waals surface area contributed by atoms with E-state index in [4.69, 9.17) is 0 Å². The molecule has 2 rings (SSSR count). The van der Waals surface area contributed by atoms with E-state index in [0.717, 1.165) is 31.5 Å². The average Bonchev–Trinajstić information content (AvgIpc) is 2.71. The maximum Gasteiger partial charge on any atom is 0.108 e. The highest BCUT2D eigenvalue weighted by atomic mass is 16.3. The maximum atomic E-state index is 9.73. The number of imidazole rings is 1. The largest absolute Gasteiger partial charge is 0.391 e. The highest BCUT2D eigenvalue weighted by Gasteiger charge is 2.27. The minimum atomic E-state index is -0.167. The van der Waals surface area contributed by atoms with Crippen LogP contribution in [0.25, 0.3) is 0 Å². The molecule has 2 atom stereocenters. The van der Waals surface area contributed by atoms with Crippen LogP contribution < -0.4 is 0 Å². The summed E-state index contributed by atoms with van der Waals surface area (Å²) in [6, 6.07) is 0.275. The van der Waals surface area contributed by atoms with E-state index in [2.05, 4.69) is 16.5 Å². The topological polar surface area (TPSA) is 38.0 Å². The summed E-state index contributed by atoms with van der Waals surface area (Å²) in [6.45, 7) is 2.10. The maximum absolute atomic E-state index is 9.73. The highest BCUT2D eigenvalue weighted by molar-refractivity contribution is 4.98. The van der Waals surface area contributed by atoms with E-state index >= 15 is 0 Å². The highest BCUT2D eigenvalue weighted by Crippen LogP contribution is 2.30. The van der Waals surface area contributed by atoms with Crippen LogP contribution in [0.3, 0.4) is 0 Å². The first-order chi connectivity index (χ1) is 6.33. The van der Waals surface area contributed by atoms with E-state index in [0.29, 0.717) is 0 Å². The molecule has 0 saturated heterocycles. The Morgan fingerprint density at radius 1 is 1.62 bits per heavy atom. The average molecular weight is 180 g/mol. The second-order valence-electron chi connectivity index (χ2n) is 3.67. The van der Waals surface area contributed by atoms with E-state index < -0.39 is 0 Å². The molecule has 0 unspecified atom stereocenters. The molecule has 0 amide bonds. The second kappa shape index (κ2) is 3.50. The van der Waals surface area contributed by atoms with Crippen molar-refractivity contribution < 1.29 is 5.11 Å². The van der Waals surface area contributed by atoms with Gasteiger partial charge in [0.1, 0.15) is 5.82 Å². The van der Waals surface area contributed by atoms with Gasteiger partial charge in [0.2, 0.25) is 0 Å². The molecule has 1 aromatic heterocycles. The van der Waals surface area contributed by atoms with Crippen LogP contribution in [0.2, 0.25) is 0 Å². The SMILES string of the molecule is CCc1nccn1[C@@H]1CCC[C@H]1O. The molecule has 0 radical (unpaired) electrons. The molecule has 1 aromatic rings. The fraction of sp³-hybridized carbons (Fsp3) is 0.700. The van der Waals surface area contributed by atoms with Crippen molar-refractivity contribution in [2.75, 3.05) is 0 Å². The van der Waals surface area contributed by atoms with Crippen molar-refractivity contribution in [3.05, 3.63) is 18.2 Å². The van der Waals surface area contributed by atoms with Crippen molar-refractivity contribution in [3.8, 4) is 0 Å². The van der Waals surface area contributed by atoms with Crippen LogP contribution >= 0.6 is 0 Å². The minimum absolute atomic E-state index is 0.167. The number of hydrogen-bond donors (Lipinski definition) is 1. The predicted molar refractivity (Wildman–Crippen MR) is 50.5 cm³/mol. The van der Waals surface area contributed by atoms with Crippen molar-refractivity contribution in [2.45, 2.75) is 44.8 Å². The van der Waals surface area contributed by atoms with Crippen molar-refractivity contribution in [1.29, 1.82) is 0 Å². The summed E-state index contributed by atoms with van der Waals surface area (Å²) in [5.41, 5.74) is 0. The Balaban J connectivity index is 2.23. The molecule has 0 aromatic carbocycles. The quantitative estimate of drug-likeness (QED) is 0.749. The Morgan fingerprint density at radius 3 is 3.08 bits per heavy atom. The Kier molecular flexibility index (Phi) is 2.36. The molecule has 3 nitrogen and oxygen atoms in total. The van der Waals surface area contributed by atoms with Crippen molar-refractivity contribution in [2.24, 2.45) is 0 Å². The van der Waals surface area contributed by atoms with Crippen LogP contribution in [0.1, 0.15) is 38.1 Å². The zero-order valence-electron chi connectivity index (χ0n) is 7.98. The fourth-order valence-corrected chi connectivity index (χ4v) is 2.17. The molecule has 3 heteroatoms. The number of aliphatic hydroxyl groups excluding tert-OH is 1. The van der Waals surface area contributed by atoms with Crippen molar-refractivity contribution >= 4 is 0 Å². The minimum Gasteiger partial charge on any atom is -0.391 e. The molecule has 1 saturated carbocycles. The molecule has 13 heavy (non-hydrogen) atoms. The molecular weight excluding hydrogens is 164 g/mol. The van der Waals surface area contributed by atoms with Gasteiger partial charge in [-0.2, -0.15) is 0 Å². The first-order valence-electron chi connectivity index (χ1n) is 5.02. The third-order valence-corrected chi connectivity index (χ3v) is 2.87. The van der Waals surface area contributed by atoms with Gasteiger partial charge in [-0.15, -0.1) is 0 Å². The van der Waals surface area contributed by atoms with Crippen molar-refractivity contribution in [1.82, 2.24) is 9.55 Å². The lowest BCUT2D eigenvalue weighted by Gasteiger charge is -2.18. The first-order valence-corrected chi connectivity index (χ1v) is 5.02. The fourth-order valence-electron chi connectivity index (χ4n) is 2.17. The summed E-state index contributed by atoms with van der Waals surface area (Å²) >= 11 is 0. The molecule has 0 bridgehead atoms. The lowest BCUT2D eigenvalue weighted by molar-refractivity contribution is 0.135. The third kappa shape index (κ3) is 1.48. The van der Waals surface area contributed by atoms with E-state index in [1.807, 2.05) is 12.4 Å². The smallest absolute Gasteiger partial charge is 0.108 e. The molecule has 1 aliphatic rings. The predicted octanol–water partition coefficient (Wildman–Crippen LogP) is 1.53. The number of rotatable bonds is 2. The van der Waals surface area contributed by atoms with Gasteiger partial charge in [-0.25, -0.2) is 4.98 Å². The number of nitrogens with zero attached hydrogens (tertiary/aromatic N) is 2. The lowest BCUT2D eigenvalue weighted by atomic mass is 10.2. The standard InChI is InChI=1S/C10H16N2O/c1-2-10-11-6-7-12(10)8-4-3-5-9(8)13/h6-9,13H,2-5H2,1H3/t8-,9-/m1/s1. The van der Waals surface area contributed by atoms with Crippen LogP contribution in [-0.2, 0) is 6.42 Å². The van der Waals surface area contributed by atoms with Gasteiger partial charge in [0, 0.05) is 18.8 Å². The van der Waals surface area contributed by atoms with Crippen molar-refractivity contribution in [3.63, 3.8) is 0 Å². The number of aryl methyl sites for hydroxylation is 1. The normalized spacial score (nSPS) is 28.2. The van der Waals surface area contributed by atoms with Crippen LogP contribution in [0.5, 0.6) is 0 Å². The van der Waals surface area contributed by atoms with Crippen LogP contribution in [0, 0.1) is 0 Å². The zero-order chi connectivity index (χ0) is 9.26. The van der Waals surface area contributed by atoms with Gasteiger partial charge in [-0.05, 0) is 19.3 Å². The number of aliphatic hydroxyl groups is 1. The van der Waals surface area contributed by atoms with Gasteiger partial charge in [-0.3, -0.25) is 0 Å². The lowest BCUT2D eigenvalue weighted by Crippen LogP contribution is -2.19. The molecule has 1 fully saturated rings. The second-order valence-corrected chi connectivity index (χ2v) is 3.67. The third-order valence-electron chi connectivity index (χ3n) is 2.87. The zero-order valence-corrected chi connectivity index (χ0v) is 7.98. The van der Waals surface area contributed by atoms with Gasteiger partial charge in [0.25, 0.3) is 0 Å². The Hall–Kier alpha value is -0.830. The van der Waals surface area contributed by atoms with E-state index in [1.165, 1.54) is 0 Å². The van der Waals surface area contributed by atoms with E-state index in [-0.39, 0.29) is 12.1 Å². The van der Waals surface area contributed by atoms with Gasteiger partial charge < -0.3 is 9.67 Å². The summed E-state index contributed by atoms with van der Waals surface area (Å²) in [7, 11) is 0. The number of hydrogen-bond acceptors (Lipinski definition) is 2. The molecule has 1 heterocycles. The molecule has 0 aliphatic heterocycles. The Labute approximate surface area is 78.4 Å². The molecule has 0 spiro atoms. The van der Waals surface area contributed by atoms with Crippen LogP contribution in [-0.4, -0.2) is 20.8 Å². The molecule has 1 aliphatic carbocycles. The van der Waals surface area contributed by atoms with E-state index in [9.17, 15) is 5.11 Å². The van der Waals surface area contributed by atoms with E-state index in [1.54, 1.807) is 0 Å². The summed E-state index contributed by atoms with van der Waals surface area (Å²) in [4.78, 5) is 4.27. The summed E-state index contributed by atoms with van der Waals surface area (Å²) in [5, 5.41) is 9.73. The summed E-state index contributed by atoms with van der Waals surface area (Å²) in [5.74, 6) is 1.09. The monoisotopic (exact) mass is 180 g/mol. The van der Waals surface area contributed by atoms with Crippen LogP contribution in [0.15, 0.2) is 12.4 Å². The molecule has 1 N–H and O–H groups in total. The molecule has 72 valence electrons. The van der Waals surface area contributed by atoms with Gasteiger partial charge in [0.15, 0.2) is 0 Å². The van der Waals surface area contributed by atoms with Crippen LogP contribution in [0.4, 0.5) is 0 Å². The summed E-state index contributed by atoms with van der Waals surface area (Å²) < 4.78 is 2.14.